The van der Waals surface area contributed by atoms with Crippen LogP contribution in [0.1, 0.15) is 70.5 Å². The molecule has 0 spiro atoms. The molecule has 1 aromatic rings. The second kappa shape index (κ2) is 10.2. The Morgan fingerprint density at radius 2 is 1.78 bits per heavy atom. The van der Waals surface area contributed by atoms with Crippen LogP contribution in [-0.2, 0) is 6.42 Å². The molecule has 104 valence electrons. The molecule has 0 fully saturated rings. The van der Waals surface area contributed by atoms with Crippen LogP contribution < -0.4 is 0 Å². The number of aliphatic hydroxyl groups is 1. The zero-order chi connectivity index (χ0) is 13.1. The number of hydrogen-bond acceptors (Lipinski definition) is 2. The molecule has 0 saturated carbocycles. The fourth-order valence-corrected chi connectivity index (χ4v) is 2.26. The highest BCUT2D eigenvalue weighted by Crippen LogP contribution is 2.13. The van der Waals surface area contributed by atoms with Crippen LogP contribution in [0.5, 0.6) is 0 Å². The van der Waals surface area contributed by atoms with E-state index < -0.39 is 0 Å². The smallest absolute Gasteiger partial charge is 0.103 e. The summed E-state index contributed by atoms with van der Waals surface area (Å²) in [6.07, 6.45) is 13.2. The van der Waals surface area contributed by atoms with Gasteiger partial charge in [-0.1, -0.05) is 45.4 Å². The van der Waals surface area contributed by atoms with Crippen molar-refractivity contribution in [3.8, 4) is 0 Å². The molecule has 0 aromatic carbocycles. The van der Waals surface area contributed by atoms with Crippen molar-refractivity contribution < 1.29 is 9.52 Å². The minimum absolute atomic E-state index is 0.0679. The molecule has 18 heavy (non-hydrogen) atoms. The van der Waals surface area contributed by atoms with E-state index in [2.05, 4.69) is 6.92 Å². The highest BCUT2D eigenvalue weighted by molar-refractivity contribution is 4.97. The van der Waals surface area contributed by atoms with Gasteiger partial charge in [0.25, 0.3) is 0 Å². The molecule has 0 aliphatic rings. The number of aliphatic hydroxyl groups excluding tert-OH is 1. The summed E-state index contributed by atoms with van der Waals surface area (Å²) >= 11 is 0. The summed E-state index contributed by atoms with van der Waals surface area (Å²) in [5.74, 6) is 1.09. The molecule has 2 nitrogen and oxygen atoms in total. The topological polar surface area (TPSA) is 33.4 Å². The Morgan fingerprint density at radius 3 is 2.44 bits per heavy atom. The maximum Gasteiger partial charge on any atom is 0.103 e. The third-order valence-corrected chi connectivity index (χ3v) is 3.43. The Labute approximate surface area is 111 Å². The summed E-state index contributed by atoms with van der Waals surface area (Å²) < 4.78 is 5.29. The SMILES string of the molecule is CCCCCC(O)CCCCCCc1ccco1. The van der Waals surface area contributed by atoms with Gasteiger partial charge < -0.3 is 9.52 Å². The molecule has 1 heterocycles. The summed E-state index contributed by atoms with van der Waals surface area (Å²) in [4.78, 5) is 0. The first-order chi connectivity index (χ1) is 8.83. The molecule has 0 radical (unpaired) electrons. The van der Waals surface area contributed by atoms with Crippen LogP contribution in [0.3, 0.4) is 0 Å². The minimum Gasteiger partial charge on any atom is -0.469 e. The lowest BCUT2D eigenvalue weighted by atomic mass is 10.0. The molecule has 1 N–H and O–H groups in total. The van der Waals surface area contributed by atoms with E-state index in [-0.39, 0.29) is 6.10 Å². The molecule has 0 saturated heterocycles. The van der Waals surface area contributed by atoms with Gasteiger partial charge in [0.05, 0.1) is 12.4 Å². The van der Waals surface area contributed by atoms with Crippen molar-refractivity contribution in [1.29, 1.82) is 0 Å². The second-order valence-corrected chi connectivity index (χ2v) is 5.18. The van der Waals surface area contributed by atoms with Crippen molar-refractivity contribution in [2.45, 2.75) is 77.2 Å². The van der Waals surface area contributed by atoms with Gasteiger partial charge in [0.1, 0.15) is 5.76 Å². The lowest BCUT2D eigenvalue weighted by molar-refractivity contribution is 0.147. The van der Waals surface area contributed by atoms with Crippen molar-refractivity contribution in [2.75, 3.05) is 0 Å². The van der Waals surface area contributed by atoms with Gasteiger partial charge in [-0.05, 0) is 31.4 Å². The van der Waals surface area contributed by atoms with Crippen LogP contribution in [0.2, 0.25) is 0 Å². The monoisotopic (exact) mass is 252 g/mol. The van der Waals surface area contributed by atoms with Gasteiger partial charge in [0.15, 0.2) is 0 Å². The van der Waals surface area contributed by atoms with Crippen LogP contribution in [-0.4, -0.2) is 11.2 Å². The lowest BCUT2D eigenvalue weighted by Gasteiger charge is -2.09. The molecule has 1 aromatic heterocycles. The fourth-order valence-electron chi connectivity index (χ4n) is 2.26. The van der Waals surface area contributed by atoms with Gasteiger partial charge >= 0.3 is 0 Å². The minimum atomic E-state index is -0.0679. The van der Waals surface area contributed by atoms with E-state index in [9.17, 15) is 5.11 Å². The van der Waals surface area contributed by atoms with E-state index in [0.717, 1.165) is 31.4 Å². The standard InChI is InChI=1S/C16H28O2/c1-2-3-6-10-15(17)11-7-4-5-8-12-16-13-9-14-18-16/h9,13-15,17H,2-8,10-12H2,1H3. The lowest BCUT2D eigenvalue weighted by Crippen LogP contribution is -2.05. The third-order valence-electron chi connectivity index (χ3n) is 3.43. The normalized spacial score (nSPS) is 12.8. The van der Waals surface area contributed by atoms with Gasteiger partial charge in [0, 0.05) is 6.42 Å². The summed E-state index contributed by atoms with van der Waals surface area (Å²) in [7, 11) is 0. The number of unbranched alkanes of at least 4 members (excludes halogenated alkanes) is 5. The van der Waals surface area contributed by atoms with Gasteiger partial charge in [-0.15, -0.1) is 0 Å². The molecule has 0 amide bonds. The van der Waals surface area contributed by atoms with E-state index in [1.54, 1.807) is 6.26 Å². The van der Waals surface area contributed by atoms with Crippen LogP contribution in [0.4, 0.5) is 0 Å². The summed E-state index contributed by atoms with van der Waals surface area (Å²) in [6.45, 7) is 2.20. The number of rotatable bonds is 11. The summed E-state index contributed by atoms with van der Waals surface area (Å²) in [5.41, 5.74) is 0. The summed E-state index contributed by atoms with van der Waals surface area (Å²) in [6, 6.07) is 3.99. The van der Waals surface area contributed by atoms with E-state index >= 15 is 0 Å². The van der Waals surface area contributed by atoms with E-state index in [1.807, 2.05) is 12.1 Å². The van der Waals surface area contributed by atoms with Gasteiger partial charge in [0.2, 0.25) is 0 Å². The molecule has 0 aliphatic carbocycles. The maximum absolute atomic E-state index is 9.77. The van der Waals surface area contributed by atoms with Crippen molar-refractivity contribution in [3.63, 3.8) is 0 Å². The summed E-state index contributed by atoms with van der Waals surface area (Å²) in [5, 5.41) is 9.77. The molecule has 1 unspecified atom stereocenters. The number of hydrogen-bond donors (Lipinski definition) is 1. The van der Waals surface area contributed by atoms with Crippen molar-refractivity contribution in [1.82, 2.24) is 0 Å². The number of aryl methyl sites for hydroxylation is 1. The van der Waals surface area contributed by atoms with Gasteiger partial charge in [-0.3, -0.25) is 0 Å². The van der Waals surface area contributed by atoms with Crippen molar-refractivity contribution in [3.05, 3.63) is 24.2 Å². The zero-order valence-electron chi connectivity index (χ0n) is 11.7. The predicted molar refractivity (Wildman–Crippen MR) is 75.6 cm³/mol. The highest BCUT2D eigenvalue weighted by atomic mass is 16.3. The van der Waals surface area contributed by atoms with Crippen LogP contribution in [0.25, 0.3) is 0 Å². The Balaban J connectivity index is 1.86. The largest absolute Gasteiger partial charge is 0.469 e. The number of furan rings is 1. The first-order valence-electron chi connectivity index (χ1n) is 7.53. The van der Waals surface area contributed by atoms with Gasteiger partial charge in [-0.25, -0.2) is 0 Å². The highest BCUT2D eigenvalue weighted by Gasteiger charge is 2.03. The van der Waals surface area contributed by atoms with Crippen LogP contribution >= 0.6 is 0 Å². The predicted octanol–water partition coefficient (Wildman–Crippen LogP) is 4.71. The molecular formula is C16H28O2. The molecule has 1 atom stereocenters. The molecule has 2 heteroatoms. The van der Waals surface area contributed by atoms with E-state index in [1.165, 1.54) is 38.5 Å². The van der Waals surface area contributed by atoms with E-state index in [0.29, 0.717) is 0 Å². The van der Waals surface area contributed by atoms with Crippen LogP contribution in [0.15, 0.2) is 22.8 Å². The average molecular weight is 252 g/mol. The Morgan fingerprint density at radius 1 is 1.06 bits per heavy atom. The van der Waals surface area contributed by atoms with Crippen LogP contribution in [0, 0.1) is 0 Å². The second-order valence-electron chi connectivity index (χ2n) is 5.18. The molecule has 0 bridgehead atoms. The van der Waals surface area contributed by atoms with Crippen molar-refractivity contribution in [2.24, 2.45) is 0 Å². The average Bonchev–Trinajstić information content (AvgIpc) is 2.87. The quantitative estimate of drug-likeness (QED) is 0.578. The zero-order valence-corrected chi connectivity index (χ0v) is 11.7. The first-order valence-corrected chi connectivity index (χ1v) is 7.53. The van der Waals surface area contributed by atoms with Crippen molar-refractivity contribution >= 4 is 0 Å². The Kier molecular flexibility index (Phi) is 8.66. The van der Waals surface area contributed by atoms with E-state index in [4.69, 9.17) is 4.42 Å². The molecular weight excluding hydrogens is 224 g/mol. The fraction of sp³-hybridized carbons (Fsp3) is 0.750. The van der Waals surface area contributed by atoms with Gasteiger partial charge in [-0.2, -0.15) is 0 Å². The first kappa shape index (κ1) is 15.3. The molecule has 0 aliphatic heterocycles. The third kappa shape index (κ3) is 7.54. The Bertz CT molecular complexity index is 267. The molecule has 1 rings (SSSR count). The Hall–Kier alpha value is -0.760. The maximum atomic E-state index is 9.77.